The van der Waals surface area contributed by atoms with E-state index in [2.05, 4.69) is 39.8 Å². The van der Waals surface area contributed by atoms with Crippen molar-refractivity contribution in [2.75, 3.05) is 6.54 Å². The van der Waals surface area contributed by atoms with Crippen LogP contribution in [0.3, 0.4) is 0 Å². The summed E-state index contributed by atoms with van der Waals surface area (Å²) in [5.74, 6) is 7.17. The average Bonchev–Trinajstić information content (AvgIpc) is 2.98. The van der Waals surface area contributed by atoms with Crippen LogP contribution in [0.2, 0.25) is 0 Å². The van der Waals surface area contributed by atoms with Crippen LogP contribution in [0.5, 0.6) is 0 Å². The maximum atomic E-state index is 5.41. The highest BCUT2D eigenvalue weighted by Crippen LogP contribution is 2.18. The Morgan fingerprint density at radius 1 is 1.50 bits per heavy atom. The molecule has 0 bridgehead atoms. The zero-order valence-corrected chi connectivity index (χ0v) is 11.3. The molecule has 2 heterocycles. The lowest BCUT2D eigenvalue weighted by atomic mass is 10.2. The summed E-state index contributed by atoms with van der Waals surface area (Å²) in [5, 5.41) is 2.08. The first-order chi connectivity index (χ1) is 8.85. The van der Waals surface area contributed by atoms with Crippen LogP contribution < -0.4 is 5.73 Å². The first-order valence-electron chi connectivity index (χ1n) is 6.10. The van der Waals surface area contributed by atoms with Crippen molar-refractivity contribution < 1.29 is 0 Å². The molecule has 94 valence electrons. The van der Waals surface area contributed by atoms with Crippen LogP contribution >= 0.6 is 11.3 Å². The minimum absolute atomic E-state index is 0.404. The molecule has 3 nitrogen and oxygen atoms in total. The lowest BCUT2D eigenvalue weighted by molar-refractivity contribution is 0.710. The predicted molar refractivity (Wildman–Crippen MR) is 75.6 cm³/mol. The second-order valence-corrected chi connectivity index (χ2v) is 4.99. The van der Waals surface area contributed by atoms with E-state index < -0.39 is 0 Å². The quantitative estimate of drug-likeness (QED) is 0.856. The average molecular weight is 259 g/mol. The van der Waals surface area contributed by atoms with Crippen molar-refractivity contribution in [2.24, 2.45) is 5.73 Å². The van der Waals surface area contributed by atoms with Gasteiger partial charge >= 0.3 is 0 Å². The van der Waals surface area contributed by atoms with Crippen molar-refractivity contribution in [1.82, 2.24) is 9.55 Å². The number of thiophene rings is 1. The second kappa shape index (κ2) is 6.39. The third kappa shape index (κ3) is 3.00. The van der Waals surface area contributed by atoms with E-state index in [9.17, 15) is 0 Å². The molecule has 2 N–H and O–H groups in total. The Hall–Kier alpha value is -1.57. The molecule has 2 aromatic rings. The molecule has 0 aliphatic carbocycles. The maximum absolute atomic E-state index is 5.41. The number of hydrogen-bond donors (Lipinski definition) is 1. The second-order valence-electron chi connectivity index (χ2n) is 3.98. The number of nitrogens with zero attached hydrogens (tertiary/aromatic N) is 2. The molecule has 0 saturated carbocycles. The highest BCUT2D eigenvalue weighted by Gasteiger charge is 2.06. The largest absolute Gasteiger partial charge is 0.330 e. The number of imidazole rings is 1. The van der Waals surface area contributed by atoms with Crippen molar-refractivity contribution in [3.05, 3.63) is 40.1 Å². The highest BCUT2D eigenvalue weighted by molar-refractivity contribution is 7.10. The molecule has 0 amide bonds. The molecule has 18 heavy (non-hydrogen) atoms. The topological polar surface area (TPSA) is 43.8 Å². The molecular formula is C14H17N3S. The fourth-order valence-corrected chi connectivity index (χ4v) is 2.64. The van der Waals surface area contributed by atoms with Gasteiger partial charge < -0.3 is 10.3 Å². The number of hydrogen-bond acceptors (Lipinski definition) is 3. The summed E-state index contributed by atoms with van der Waals surface area (Å²) >= 11 is 1.73. The predicted octanol–water partition coefficient (Wildman–Crippen LogP) is 2.26. The van der Waals surface area contributed by atoms with Crippen molar-refractivity contribution in [3.8, 4) is 11.8 Å². The van der Waals surface area contributed by atoms with Gasteiger partial charge in [0, 0.05) is 29.3 Å². The van der Waals surface area contributed by atoms with Gasteiger partial charge in [0.1, 0.15) is 5.82 Å². The zero-order chi connectivity index (χ0) is 12.8. The third-order valence-electron chi connectivity index (χ3n) is 2.66. The molecule has 2 aromatic heterocycles. The number of nitrogens with two attached hydrogens (primary N) is 1. The summed E-state index contributed by atoms with van der Waals surface area (Å²) < 4.78 is 2.20. The Kier molecular flexibility index (Phi) is 4.57. The third-order valence-corrected chi connectivity index (χ3v) is 3.57. The van der Waals surface area contributed by atoms with E-state index in [4.69, 9.17) is 5.73 Å². The smallest absolute Gasteiger partial charge is 0.108 e. The van der Waals surface area contributed by atoms with E-state index in [1.54, 1.807) is 11.3 Å². The molecule has 0 spiro atoms. The van der Waals surface area contributed by atoms with E-state index in [0.29, 0.717) is 6.54 Å². The van der Waals surface area contributed by atoms with Crippen LogP contribution in [0, 0.1) is 11.8 Å². The minimum Gasteiger partial charge on any atom is -0.330 e. The Labute approximate surface area is 112 Å². The number of aryl methyl sites for hydroxylation is 1. The van der Waals surface area contributed by atoms with E-state index in [1.165, 1.54) is 4.88 Å². The fourth-order valence-electron chi connectivity index (χ4n) is 1.81. The molecule has 0 fully saturated rings. The molecule has 4 heteroatoms. The van der Waals surface area contributed by atoms with Gasteiger partial charge in [-0.25, -0.2) is 4.98 Å². The van der Waals surface area contributed by atoms with Crippen LogP contribution in [0.25, 0.3) is 0 Å². The van der Waals surface area contributed by atoms with Gasteiger partial charge in [0.25, 0.3) is 0 Å². The first-order valence-corrected chi connectivity index (χ1v) is 6.98. The van der Waals surface area contributed by atoms with Gasteiger partial charge in [0.2, 0.25) is 0 Å². The standard InChI is InChI=1S/C14H17N3S/c1-2-4-14-16-8-9-17(14)11-13-12(5-3-7-15)6-10-18-13/h6,8-10H,2,4,7,11,15H2,1H3. The molecule has 0 aromatic carbocycles. The Bertz CT molecular complexity index is 557. The zero-order valence-electron chi connectivity index (χ0n) is 10.5. The summed E-state index contributed by atoms with van der Waals surface area (Å²) in [6, 6.07) is 2.05. The van der Waals surface area contributed by atoms with Crippen molar-refractivity contribution >= 4 is 11.3 Å². The van der Waals surface area contributed by atoms with Crippen LogP contribution in [0.1, 0.15) is 29.6 Å². The van der Waals surface area contributed by atoms with Gasteiger partial charge in [-0.2, -0.15) is 0 Å². The van der Waals surface area contributed by atoms with Crippen LogP contribution in [-0.2, 0) is 13.0 Å². The summed E-state index contributed by atoms with van der Waals surface area (Å²) in [6.07, 6.45) is 6.03. The van der Waals surface area contributed by atoms with Gasteiger partial charge in [0.05, 0.1) is 13.1 Å². The van der Waals surface area contributed by atoms with Crippen molar-refractivity contribution in [3.63, 3.8) is 0 Å². The molecule has 0 atom stereocenters. The normalized spacial score (nSPS) is 10.1. The lowest BCUT2D eigenvalue weighted by Crippen LogP contribution is -2.04. The molecule has 0 aliphatic rings. The lowest BCUT2D eigenvalue weighted by Gasteiger charge is -2.06. The monoisotopic (exact) mass is 259 g/mol. The first kappa shape index (κ1) is 12.9. The van der Waals surface area contributed by atoms with Gasteiger partial charge in [-0.1, -0.05) is 18.8 Å². The maximum Gasteiger partial charge on any atom is 0.108 e. The van der Waals surface area contributed by atoms with Crippen LogP contribution in [-0.4, -0.2) is 16.1 Å². The van der Waals surface area contributed by atoms with Crippen LogP contribution in [0.4, 0.5) is 0 Å². The van der Waals surface area contributed by atoms with Gasteiger partial charge in [-0.3, -0.25) is 0 Å². The molecule has 0 saturated heterocycles. The molecule has 0 unspecified atom stereocenters. The van der Waals surface area contributed by atoms with Gasteiger partial charge in [-0.15, -0.1) is 11.3 Å². The molecular weight excluding hydrogens is 242 g/mol. The molecule has 0 aliphatic heterocycles. The number of aromatic nitrogens is 2. The van der Waals surface area contributed by atoms with E-state index >= 15 is 0 Å². The van der Waals surface area contributed by atoms with Crippen molar-refractivity contribution in [2.45, 2.75) is 26.3 Å². The SMILES string of the molecule is CCCc1nccn1Cc1sccc1C#CCN. The number of rotatable bonds is 4. The summed E-state index contributed by atoms with van der Waals surface area (Å²) in [4.78, 5) is 5.66. The Balaban J connectivity index is 2.18. The molecule has 2 rings (SSSR count). The summed E-state index contributed by atoms with van der Waals surface area (Å²) in [6.45, 7) is 3.42. The molecule has 0 radical (unpaired) electrons. The van der Waals surface area contributed by atoms with Crippen molar-refractivity contribution in [1.29, 1.82) is 0 Å². The van der Waals surface area contributed by atoms with E-state index in [-0.39, 0.29) is 0 Å². The van der Waals surface area contributed by atoms with E-state index in [1.807, 2.05) is 12.4 Å². The Morgan fingerprint density at radius 3 is 3.17 bits per heavy atom. The fraction of sp³-hybridized carbons (Fsp3) is 0.357. The highest BCUT2D eigenvalue weighted by atomic mass is 32.1. The minimum atomic E-state index is 0.404. The summed E-state index contributed by atoms with van der Waals surface area (Å²) in [7, 11) is 0. The summed E-state index contributed by atoms with van der Waals surface area (Å²) in [5.41, 5.74) is 6.49. The van der Waals surface area contributed by atoms with E-state index in [0.717, 1.165) is 30.8 Å². The van der Waals surface area contributed by atoms with Gasteiger partial charge in [-0.05, 0) is 17.9 Å². The van der Waals surface area contributed by atoms with Gasteiger partial charge in [0.15, 0.2) is 0 Å². The Morgan fingerprint density at radius 2 is 2.39 bits per heavy atom. The van der Waals surface area contributed by atoms with Crippen LogP contribution in [0.15, 0.2) is 23.8 Å².